The lowest BCUT2D eigenvalue weighted by Crippen LogP contribution is -2.47. The maximum Gasteiger partial charge on any atom is 0.336 e. The van der Waals surface area contributed by atoms with Crippen LogP contribution in [0, 0.1) is 0 Å². The van der Waals surface area contributed by atoms with E-state index in [0.29, 0.717) is 23.2 Å². The number of nitrogens with one attached hydrogen (secondary N) is 1. The molecular formula is C13H16BrN3O3. The van der Waals surface area contributed by atoms with Gasteiger partial charge < -0.3 is 21.1 Å². The summed E-state index contributed by atoms with van der Waals surface area (Å²) in [4.78, 5) is 24.8. The largest absolute Gasteiger partial charge is 0.478 e. The van der Waals surface area contributed by atoms with Gasteiger partial charge in [0.2, 0.25) is 0 Å². The summed E-state index contributed by atoms with van der Waals surface area (Å²) >= 11 is 3.16. The van der Waals surface area contributed by atoms with Crippen molar-refractivity contribution in [1.82, 2.24) is 4.90 Å². The van der Waals surface area contributed by atoms with Gasteiger partial charge in [-0.2, -0.15) is 0 Å². The number of halogens is 1. The molecule has 1 fully saturated rings. The maximum absolute atomic E-state index is 12.1. The minimum atomic E-state index is -1.05. The number of hydrogen-bond acceptors (Lipinski definition) is 3. The highest BCUT2D eigenvalue weighted by Crippen LogP contribution is 2.21. The van der Waals surface area contributed by atoms with Gasteiger partial charge in [0.1, 0.15) is 0 Å². The van der Waals surface area contributed by atoms with Gasteiger partial charge in [0.05, 0.1) is 5.56 Å². The fourth-order valence-electron chi connectivity index (χ4n) is 2.16. The predicted molar refractivity (Wildman–Crippen MR) is 78.9 cm³/mol. The summed E-state index contributed by atoms with van der Waals surface area (Å²) in [5.74, 6) is -1.05. The fourth-order valence-corrected chi connectivity index (χ4v) is 2.58. The first-order valence-corrected chi connectivity index (χ1v) is 7.11. The Morgan fingerprint density at radius 3 is 2.85 bits per heavy atom. The third-order valence-electron chi connectivity index (χ3n) is 3.19. The number of anilines is 1. The van der Waals surface area contributed by atoms with Crippen LogP contribution in [0.15, 0.2) is 22.7 Å². The van der Waals surface area contributed by atoms with Crippen LogP contribution in [-0.4, -0.2) is 41.1 Å². The zero-order valence-electron chi connectivity index (χ0n) is 10.8. The zero-order chi connectivity index (χ0) is 14.7. The summed E-state index contributed by atoms with van der Waals surface area (Å²) in [5, 5.41) is 11.7. The molecule has 2 rings (SSSR count). The number of aromatic carboxylic acids is 1. The first-order chi connectivity index (χ1) is 9.47. The van der Waals surface area contributed by atoms with Gasteiger partial charge >= 0.3 is 12.0 Å². The molecule has 0 saturated carbocycles. The molecular weight excluding hydrogens is 326 g/mol. The molecule has 20 heavy (non-hydrogen) atoms. The Morgan fingerprint density at radius 1 is 1.45 bits per heavy atom. The molecule has 0 bridgehead atoms. The number of nitrogens with zero attached hydrogens (tertiary/aromatic N) is 1. The van der Waals surface area contributed by atoms with E-state index in [2.05, 4.69) is 21.2 Å². The Balaban J connectivity index is 2.07. The number of carboxylic acids is 1. The molecule has 1 aromatic rings. The standard InChI is InChI=1S/C13H16BrN3O3/c14-11-4-3-9(6-10(11)12(18)19)16-13(20)17-5-1-2-8(15)7-17/h3-4,6,8H,1-2,5,7,15H2,(H,16,20)(H,18,19). The lowest BCUT2D eigenvalue weighted by Gasteiger charge is -2.30. The molecule has 0 aromatic heterocycles. The number of likely N-dealkylation sites (tertiary alicyclic amines) is 1. The van der Waals surface area contributed by atoms with Crippen LogP contribution < -0.4 is 11.1 Å². The van der Waals surface area contributed by atoms with Crippen molar-refractivity contribution < 1.29 is 14.7 Å². The van der Waals surface area contributed by atoms with Crippen molar-refractivity contribution in [3.05, 3.63) is 28.2 Å². The molecule has 7 heteroatoms. The maximum atomic E-state index is 12.1. The number of benzene rings is 1. The van der Waals surface area contributed by atoms with Gasteiger partial charge in [0, 0.05) is 29.3 Å². The van der Waals surface area contributed by atoms with Crippen molar-refractivity contribution in [2.75, 3.05) is 18.4 Å². The predicted octanol–water partition coefficient (Wildman–Crippen LogP) is 2.10. The SMILES string of the molecule is NC1CCCN(C(=O)Nc2ccc(Br)c(C(=O)O)c2)C1. The number of hydrogen-bond donors (Lipinski definition) is 3. The average molecular weight is 342 g/mol. The van der Waals surface area contributed by atoms with Gasteiger partial charge in [-0.05, 0) is 47.0 Å². The number of nitrogens with two attached hydrogens (primary N) is 1. The average Bonchev–Trinajstić information content (AvgIpc) is 2.40. The number of carbonyl (C=O) groups excluding carboxylic acids is 1. The van der Waals surface area contributed by atoms with Crippen LogP contribution in [0.25, 0.3) is 0 Å². The number of rotatable bonds is 2. The van der Waals surface area contributed by atoms with Crippen LogP contribution in [-0.2, 0) is 0 Å². The molecule has 1 unspecified atom stereocenters. The van der Waals surface area contributed by atoms with Crippen molar-refractivity contribution in [3.63, 3.8) is 0 Å². The Hall–Kier alpha value is -1.60. The third-order valence-corrected chi connectivity index (χ3v) is 3.88. The quantitative estimate of drug-likeness (QED) is 0.767. The third kappa shape index (κ3) is 3.49. The molecule has 4 N–H and O–H groups in total. The van der Waals surface area contributed by atoms with Crippen LogP contribution in [0.1, 0.15) is 23.2 Å². The summed E-state index contributed by atoms with van der Waals surface area (Å²) in [6.07, 6.45) is 1.81. The van der Waals surface area contributed by atoms with Crippen molar-refractivity contribution in [2.45, 2.75) is 18.9 Å². The van der Waals surface area contributed by atoms with Gasteiger partial charge in [0.25, 0.3) is 0 Å². The number of urea groups is 1. The van der Waals surface area contributed by atoms with Gasteiger partial charge in [-0.1, -0.05) is 0 Å². The Labute approximate surface area is 125 Å². The second-order valence-electron chi connectivity index (χ2n) is 4.78. The lowest BCUT2D eigenvalue weighted by molar-refractivity contribution is 0.0696. The molecule has 6 nitrogen and oxygen atoms in total. The van der Waals surface area contributed by atoms with Crippen molar-refractivity contribution in [1.29, 1.82) is 0 Å². The summed E-state index contributed by atoms with van der Waals surface area (Å²) in [6, 6.07) is 4.43. The molecule has 0 radical (unpaired) electrons. The van der Waals surface area contributed by atoms with Crippen molar-refractivity contribution in [3.8, 4) is 0 Å². The first-order valence-electron chi connectivity index (χ1n) is 6.31. The highest BCUT2D eigenvalue weighted by Gasteiger charge is 2.21. The van der Waals surface area contributed by atoms with Gasteiger partial charge in [0.15, 0.2) is 0 Å². The topological polar surface area (TPSA) is 95.7 Å². The number of amides is 2. The molecule has 0 spiro atoms. The summed E-state index contributed by atoms with van der Waals surface area (Å²) in [7, 11) is 0. The van der Waals surface area contributed by atoms with Crippen LogP contribution in [0.3, 0.4) is 0 Å². The van der Waals surface area contributed by atoms with Crippen LogP contribution in [0.4, 0.5) is 10.5 Å². The van der Waals surface area contributed by atoms with E-state index in [1.165, 1.54) is 6.07 Å². The van der Waals surface area contributed by atoms with Gasteiger partial charge in [-0.15, -0.1) is 0 Å². The minimum Gasteiger partial charge on any atom is -0.478 e. The Bertz CT molecular complexity index is 536. The highest BCUT2D eigenvalue weighted by atomic mass is 79.9. The summed E-state index contributed by atoms with van der Waals surface area (Å²) in [5.41, 5.74) is 6.40. The monoisotopic (exact) mass is 341 g/mol. The second kappa shape index (κ2) is 6.23. The first kappa shape index (κ1) is 14.8. The number of carboxylic acid groups (broad SMARTS) is 1. The highest BCUT2D eigenvalue weighted by molar-refractivity contribution is 9.10. The zero-order valence-corrected chi connectivity index (χ0v) is 12.4. The fraction of sp³-hybridized carbons (Fsp3) is 0.385. The lowest BCUT2D eigenvalue weighted by atomic mass is 10.1. The second-order valence-corrected chi connectivity index (χ2v) is 5.63. The molecule has 1 aromatic carbocycles. The number of carbonyl (C=O) groups is 2. The molecule has 2 amide bonds. The molecule has 0 aliphatic carbocycles. The van der Waals surface area contributed by atoms with Gasteiger partial charge in [-0.25, -0.2) is 9.59 Å². The Morgan fingerprint density at radius 2 is 2.20 bits per heavy atom. The van der Waals surface area contributed by atoms with E-state index in [1.807, 2.05) is 0 Å². The molecule has 1 aliphatic rings. The molecule has 1 heterocycles. The van der Waals surface area contributed by atoms with Crippen LogP contribution in [0.5, 0.6) is 0 Å². The molecule has 1 saturated heterocycles. The summed E-state index contributed by atoms with van der Waals surface area (Å²) < 4.78 is 0.475. The van der Waals surface area contributed by atoms with E-state index in [9.17, 15) is 9.59 Å². The van der Waals surface area contributed by atoms with Crippen LogP contribution in [0.2, 0.25) is 0 Å². The van der Waals surface area contributed by atoms with Gasteiger partial charge in [-0.3, -0.25) is 0 Å². The summed E-state index contributed by atoms with van der Waals surface area (Å²) in [6.45, 7) is 1.19. The van der Waals surface area contributed by atoms with E-state index in [0.717, 1.165) is 12.8 Å². The van der Waals surface area contributed by atoms with Crippen molar-refractivity contribution in [2.24, 2.45) is 5.73 Å². The van der Waals surface area contributed by atoms with E-state index in [-0.39, 0.29) is 17.6 Å². The van der Waals surface area contributed by atoms with E-state index in [4.69, 9.17) is 10.8 Å². The molecule has 1 atom stereocenters. The van der Waals surface area contributed by atoms with E-state index >= 15 is 0 Å². The van der Waals surface area contributed by atoms with Crippen molar-refractivity contribution >= 4 is 33.6 Å². The Kier molecular flexibility index (Phi) is 4.61. The smallest absolute Gasteiger partial charge is 0.336 e. The number of piperidine rings is 1. The molecule has 1 aliphatic heterocycles. The minimum absolute atomic E-state index is 0.00833. The van der Waals surface area contributed by atoms with E-state index < -0.39 is 5.97 Å². The van der Waals surface area contributed by atoms with E-state index in [1.54, 1.807) is 17.0 Å². The normalized spacial score (nSPS) is 18.7. The van der Waals surface area contributed by atoms with Crippen LogP contribution >= 0.6 is 15.9 Å². The molecule has 108 valence electrons.